The molecule has 0 N–H and O–H groups in total. The molecule has 6 aromatic rings. The van der Waals surface area contributed by atoms with Gasteiger partial charge in [0.1, 0.15) is 23.0 Å². The minimum Gasteiger partial charge on any atom is 0 e. The van der Waals surface area contributed by atoms with Crippen LogP contribution in [-0.4, -0.2) is 61.3 Å². The van der Waals surface area contributed by atoms with Gasteiger partial charge in [-0.1, -0.05) is 12.1 Å². The summed E-state index contributed by atoms with van der Waals surface area (Å²) in [7, 11) is -4.07. The molecular weight excluding hydrogens is 904 g/mol. The van der Waals surface area contributed by atoms with E-state index in [-0.39, 0.29) is 16.8 Å². The first-order valence-electron chi connectivity index (χ1n) is 18.9. The molecule has 0 aliphatic rings. The third-order valence-corrected chi connectivity index (χ3v) is 8.46. The standard InChI is InChI=1S/2C23H23N3O2.Co.F6P/c2*1-16(24-18-8-12-20(27-3)13-9-18)22-6-5-7-23(26-22)17(2)25-19-10-14-21(28-4)15-11-19;;1-7(2,3,4,5)6/h2*5-15H,1-4H3;;/q;;;-1. The van der Waals surface area contributed by atoms with Gasteiger partial charge in [0.2, 0.25) is 0 Å². The second-order valence-corrected chi connectivity index (χ2v) is 15.3. The number of aromatic nitrogens is 2. The molecular formula is C46H46CoF6N6O4P-. The average Bonchev–Trinajstić information content (AvgIpc) is 3.26. The maximum absolute atomic E-state index is 10.7. The van der Waals surface area contributed by atoms with Gasteiger partial charge in [0.15, 0.2) is 0 Å². The fraction of sp³-hybridized carbons (Fsp3) is 0.174. The molecule has 0 fully saturated rings. The molecule has 18 heteroatoms. The Morgan fingerprint density at radius 3 is 0.688 bits per heavy atom. The molecule has 4 aromatic carbocycles. The number of rotatable bonds is 12. The molecule has 1 radical (unpaired) electrons. The number of hydrogen-bond acceptors (Lipinski definition) is 10. The summed E-state index contributed by atoms with van der Waals surface area (Å²) in [5.74, 6) is 3.23. The van der Waals surface area contributed by atoms with Gasteiger partial charge in [0, 0.05) is 16.8 Å². The largest absolute Gasteiger partial charge is 0 e. The van der Waals surface area contributed by atoms with Crippen molar-refractivity contribution in [2.24, 2.45) is 20.0 Å². The third-order valence-electron chi connectivity index (χ3n) is 8.46. The van der Waals surface area contributed by atoms with Gasteiger partial charge in [-0.25, -0.2) is 9.97 Å². The number of aliphatic imine (C=N–C) groups is 4. The number of halogens is 6. The predicted octanol–water partition coefficient (Wildman–Crippen LogP) is 14.1. The van der Waals surface area contributed by atoms with Crippen molar-refractivity contribution >= 4 is 53.4 Å². The molecule has 2 heterocycles. The Kier molecular flexibility index (Phi) is 18.1. The first kappa shape index (κ1) is 51.9. The normalized spacial score (nSPS) is 13.0. The average molecular weight is 951 g/mol. The Morgan fingerprint density at radius 2 is 0.531 bits per heavy atom. The monoisotopic (exact) mass is 950 g/mol. The molecule has 0 saturated carbocycles. The molecule has 0 saturated heterocycles. The smallest absolute Gasteiger partial charge is 0 e. The van der Waals surface area contributed by atoms with Crippen molar-refractivity contribution in [3.05, 3.63) is 156 Å². The Bertz CT molecular complexity index is 2240. The van der Waals surface area contributed by atoms with Crippen LogP contribution in [0, 0.1) is 0 Å². The summed E-state index contributed by atoms with van der Waals surface area (Å²) >= 11 is 0. The van der Waals surface area contributed by atoms with Gasteiger partial charge >= 0.3 is 33.0 Å². The van der Waals surface area contributed by atoms with E-state index >= 15 is 0 Å². The number of pyridine rings is 2. The van der Waals surface area contributed by atoms with Gasteiger partial charge < -0.3 is 18.9 Å². The zero-order valence-corrected chi connectivity index (χ0v) is 38.0. The van der Waals surface area contributed by atoms with Crippen LogP contribution in [0.15, 0.2) is 153 Å². The van der Waals surface area contributed by atoms with Crippen LogP contribution in [-0.2, 0) is 16.8 Å². The van der Waals surface area contributed by atoms with Crippen molar-refractivity contribution < 1.29 is 60.9 Å². The molecule has 0 bridgehead atoms. The quantitative estimate of drug-likeness (QED) is 0.0686. The second-order valence-electron chi connectivity index (χ2n) is 13.4. The van der Waals surface area contributed by atoms with E-state index < -0.39 is 7.81 Å². The third kappa shape index (κ3) is 18.9. The Balaban J connectivity index is 0.000000292. The van der Waals surface area contributed by atoms with Crippen LogP contribution in [0.1, 0.15) is 50.5 Å². The van der Waals surface area contributed by atoms with Crippen molar-refractivity contribution in [3.8, 4) is 23.0 Å². The van der Waals surface area contributed by atoms with Crippen LogP contribution in [0.3, 0.4) is 0 Å². The van der Waals surface area contributed by atoms with Gasteiger partial charge in [-0.05, 0) is 149 Å². The zero-order chi connectivity index (χ0) is 46.3. The molecule has 0 aliphatic heterocycles. The zero-order valence-electron chi connectivity index (χ0n) is 36.1. The van der Waals surface area contributed by atoms with E-state index in [0.29, 0.717) is 0 Å². The van der Waals surface area contributed by atoms with E-state index in [1.54, 1.807) is 28.4 Å². The van der Waals surface area contributed by atoms with E-state index in [9.17, 15) is 25.2 Å². The maximum atomic E-state index is 9.87. The number of methoxy groups -OCH3 is 4. The van der Waals surface area contributed by atoms with Crippen molar-refractivity contribution in [3.63, 3.8) is 0 Å². The van der Waals surface area contributed by atoms with Crippen LogP contribution in [0.4, 0.5) is 47.9 Å². The maximum Gasteiger partial charge on any atom is 0 e. The van der Waals surface area contributed by atoms with Gasteiger partial charge in [-0.15, -0.1) is 0 Å². The van der Waals surface area contributed by atoms with Gasteiger partial charge in [0.25, 0.3) is 0 Å². The minimum atomic E-state index is -10.7. The van der Waals surface area contributed by atoms with Crippen molar-refractivity contribution in [2.45, 2.75) is 27.7 Å². The fourth-order valence-electron chi connectivity index (χ4n) is 5.31. The summed E-state index contributed by atoms with van der Waals surface area (Å²) in [6.45, 7) is 7.80. The van der Waals surface area contributed by atoms with E-state index in [2.05, 4.69) is 20.0 Å². The van der Waals surface area contributed by atoms with Crippen LogP contribution < -0.4 is 18.9 Å². The van der Waals surface area contributed by atoms with Crippen LogP contribution >= 0.6 is 7.81 Å². The summed E-state index contributed by atoms with van der Waals surface area (Å²) in [6.07, 6.45) is 0. The summed E-state index contributed by atoms with van der Waals surface area (Å²) in [5, 5.41) is 0. The first-order valence-corrected chi connectivity index (χ1v) is 20.9. The molecule has 0 amide bonds. The minimum absolute atomic E-state index is 0. The molecule has 341 valence electrons. The molecule has 6 rings (SSSR count). The molecule has 0 unspecified atom stereocenters. The Labute approximate surface area is 378 Å². The second kappa shape index (κ2) is 22.3. The van der Waals surface area contributed by atoms with Crippen molar-refractivity contribution in [2.75, 3.05) is 28.4 Å². The summed E-state index contributed by atoms with van der Waals surface area (Å²) in [6, 6.07) is 42.2. The Morgan fingerprint density at radius 1 is 0.359 bits per heavy atom. The summed E-state index contributed by atoms with van der Waals surface area (Å²) in [4.78, 5) is 28.1. The van der Waals surface area contributed by atoms with Crippen LogP contribution in [0.5, 0.6) is 23.0 Å². The number of ether oxygens (including phenoxy) is 4. The molecule has 0 aliphatic carbocycles. The Hall–Kier alpha value is -6.42. The number of benzene rings is 4. The van der Waals surface area contributed by atoms with E-state index in [0.717, 1.165) is 91.4 Å². The molecule has 64 heavy (non-hydrogen) atoms. The fourth-order valence-corrected chi connectivity index (χ4v) is 5.31. The van der Waals surface area contributed by atoms with E-state index in [1.165, 1.54) is 0 Å². The van der Waals surface area contributed by atoms with Gasteiger partial charge in [-0.2, -0.15) is 0 Å². The molecule has 0 spiro atoms. The van der Waals surface area contributed by atoms with Crippen molar-refractivity contribution in [1.29, 1.82) is 0 Å². The van der Waals surface area contributed by atoms with E-state index in [4.69, 9.17) is 28.9 Å². The summed E-state index contributed by atoms with van der Waals surface area (Å²) in [5.41, 5.74) is 10.0. The SMILES string of the molecule is COc1ccc(N=C(C)c2cccc(C(C)=Nc3ccc(OC)cc3)n2)cc1.COc1ccc(N=C(C)c2cccc(C(C)=Nc3ccc(OC)cc3)n2)cc1.F[P-](F)(F)(F)(F)F.[Co]. The van der Waals surface area contributed by atoms with E-state index in [1.807, 2.05) is 161 Å². The number of hydrogen-bond donors (Lipinski definition) is 0. The predicted molar refractivity (Wildman–Crippen MR) is 242 cm³/mol. The molecule has 2 aromatic heterocycles. The topological polar surface area (TPSA) is 112 Å². The van der Waals surface area contributed by atoms with Crippen LogP contribution in [0.2, 0.25) is 0 Å². The van der Waals surface area contributed by atoms with Gasteiger partial charge in [-0.3, -0.25) is 20.0 Å². The molecule has 10 nitrogen and oxygen atoms in total. The van der Waals surface area contributed by atoms with Gasteiger partial charge in [0.05, 0.1) is 96.8 Å². The molecule has 0 atom stereocenters. The van der Waals surface area contributed by atoms with Crippen LogP contribution in [0.25, 0.3) is 0 Å². The summed E-state index contributed by atoms with van der Waals surface area (Å²) < 4.78 is 79.9. The first-order chi connectivity index (χ1) is 29.6. The number of nitrogens with zero attached hydrogens (tertiary/aromatic N) is 6. The van der Waals surface area contributed by atoms with Crippen molar-refractivity contribution in [1.82, 2.24) is 9.97 Å².